The molecule has 4 aromatic rings. The molecule has 0 bridgehead atoms. The minimum absolute atomic E-state index is 0.127. The monoisotopic (exact) mass is 554 g/mol. The van der Waals surface area contributed by atoms with Gasteiger partial charge in [-0.3, -0.25) is 9.59 Å². The average Bonchev–Trinajstić information content (AvgIpc) is 2.87. The number of carbonyl (C=O) groups excluding carboxylic acids is 2. The van der Waals surface area contributed by atoms with E-state index in [2.05, 4.69) is 10.6 Å². The number of hydrogen-bond acceptors (Lipinski definition) is 3. The standard InChI is InChI=1S/C28H21Cl3N2O2S/c29-20-8-6-18(7-9-20)16-26(34)32-22-11-13-23(14-12-22)36-27(19-4-2-1-3-5-19)28(35)33-25-17-21(30)10-15-24(25)31/h1-15,17,27H,16H2,(H,32,34)(H,33,35). The molecule has 0 spiro atoms. The van der Waals surface area contributed by atoms with Gasteiger partial charge in [-0.05, 0) is 65.7 Å². The first-order valence-corrected chi connectivity index (χ1v) is 13.0. The minimum atomic E-state index is -0.536. The van der Waals surface area contributed by atoms with Gasteiger partial charge >= 0.3 is 0 Å². The predicted molar refractivity (Wildman–Crippen MR) is 150 cm³/mol. The summed E-state index contributed by atoms with van der Waals surface area (Å²) in [5, 5.41) is 6.77. The molecule has 4 rings (SSSR count). The van der Waals surface area contributed by atoms with Crippen LogP contribution in [0, 0.1) is 0 Å². The zero-order chi connectivity index (χ0) is 25.5. The second-order valence-corrected chi connectivity index (χ2v) is 10.4. The van der Waals surface area contributed by atoms with Crippen LogP contribution in [0.15, 0.2) is 102 Å². The first kappa shape index (κ1) is 26.1. The fourth-order valence-electron chi connectivity index (χ4n) is 3.44. The Morgan fingerprint density at radius 3 is 2.11 bits per heavy atom. The Bertz CT molecular complexity index is 1350. The van der Waals surface area contributed by atoms with Crippen molar-refractivity contribution in [1.82, 2.24) is 0 Å². The first-order valence-electron chi connectivity index (χ1n) is 11.0. The molecule has 2 N–H and O–H groups in total. The normalized spacial score (nSPS) is 11.5. The Kier molecular flexibility index (Phi) is 8.94. The topological polar surface area (TPSA) is 58.2 Å². The van der Waals surface area contributed by atoms with Crippen molar-refractivity contribution in [3.05, 3.63) is 123 Å². The Morgan fingerprint density at radius 1 is 0.750 bits per heavy atom. The highest BCUT2D eigenvalue weighted by molar-refractivity contribution is 8.00. The van der Waals surface area contributed by atoms with E-state index in [0.717, 1.165) is 16.0 Å². The SMILES string of the molecule is O=C(Cc1ccc(Cl)cc1)Nc1ccc(SC(C(=O)Nc2cc(Cl)ccc2Cl)c2ccccc2)cc1. The molecule has 36 heavy (non-hydrogen) atoms. The number of thioether (sulfide) groups is 1. The quantitative estimate of drug-likeness (QED) is 0.215. The molecule has 0 aliphatic carbocycles. The summed E-state index contributed by atoms with van der Waals surface area (Å²) in [6.45, 7) is 0. The lowest BCUT2D eigenvalue weighted by molar-refractivity contribution is -0.116. The van der Waals surface area contributed by atoms with E-state index in [0.29, 0.717) is 26.4 Å². The van der Waals surface area contributed by atoms with Crippen molar-refractivity contribution in [2.45, 2.75) is 16.6 Å². The maximum Gasteiger partial charge on any atom is 0.242 e. The summed E-state index contributed by atoms with van der Waals surface area (Å²) >= 11 is 19.6. The Balaban J connectivity index is 1.45. The van der Waals surface area contributed by atoms with Gasteiger partial charge in [0.25, 0.3) is 0 Å². The molecule has 1 atom stereocenters. The Labute approximate surface area is 229 Å². The summed E-state index contributed by atoms with van der Waals surface area (Å²) < 4.78 is 0. The van der Waals surface area contributed by atoms with Crippen LogP contribution in [-0.2, 0) is 16.0 Å². The molecule has 0 heterocycles. The van der Waals surface area contributed by atoms with Crippen LogP contribution in [0.3, 0.4) is 0 Å². The molecular weight excluding hydrogens is 535 g/mol. The second kappa shape index (κ2) is 12.3. The van der Waals surface area contributed by atoms with Gasteiger partial charge in [0.2, 0.25) is 11.8 Å². The molecule has 4 nitrogen and oxygen atoms in total. The number of halogens is 3. The van der Waals surface area contributed by atoms with Gasteiger partial charge in [0.15, 0.2) is 0 Å². The number of nitrogens with one attached hydrogen (secondary N) is 2. The van der Waals surface area contributed by atoms with E-state index in [1.807, 2.05) is 66.7 Å². The van der Waals surface area contributed by atoms with Gasteiger partial charge in [0, 0.05) is 20.6 Å². The summed E-state index contributed by atoms with van der Waals surface area (Å²) in [5.74, 6) is -0.353. The highest BCUT2D eigenvalue weighted by Crippen LogP contribution is 2.37. The first-order chi connectivity index (χ1) is 17.4. The summed E-state index contributed by atoms with van der Waals surface area (Å²) in [4.78, 5) is 26.6. The van der Waals surface area contributed by atoms with Crippen LogP contribution in [0.5, 0.6) is 0 Å². The molecule has 2 amide bonds. The third kappa shape index (κ3) is 7.28. The zero-order valence-electron chi connectivity index (χ0n) is 18.9. The van der Waals surface area contributed by atoms with E-state index in [4.69, 9.17) is 34.8 Å². The van der Waals surface area contributed by atoms with Gasteiger partial charge in [-0.25, -0.2) is 0 Å². The number of benzene rings is 4. The Morgan fingerprint density at radius 2 is 1.42 bits per heavy atom. The minimum Gasteiger partial charge on any atom is -0.326 e. The maximum atomic E-state index is 13.3. The third-order valence-electron chi connectivity index (χ3n) is 5.20. The van der Waals surface area contributed by atoms with Gasteiger partial charge < -0.3 is 10.6 Å². The summed E-state index contributed by atoms with van der Waals surface area (Å²) in [6.07, 6.45) is 0.246. The molecule has 4 aromatic carbocycles. The molecule has 0 saturated heterocycles. The maximum absolute atomic E-state index is 13.3. The number of anilines is 2. The summed E-state index contributed by atoms with van der Waals surface area (Å²) in [6, 6.07) is 29.0. The van der Waals surface area contributed by atoms with E-state index in [-0.39, 0.29) is 18.2 Å². The van der Waals surface area contributed by atoms with E-state index in [1.165, 1.54) is 11.8 Å². The average molecular weight is 556 g/mol. The van der Waals surface area contributed by atoms with Crippen molar-refractivity contribution in [3.8, 4) is 0 Å². The van der Waals surface area contributed by atoms with E-state index >= 15 is 0 Å². The molecule has 182 valence electrons. The van der Waals surface area contributed by atoms with Crippen LogP contribution in [0.4, 0.5) is 11.4 Å². The van der Waals surface area contributed by atoms with E-state index in [1.54, 1.807) is 30.3 Å². The summed E-state index contributed by atoms with van der Waals surface area (Å²) in [5.41, 5.74) is 2.85. The number of carbonyl (C=O) groups is 2. The molecular formula is C28H21Cl3N2O2S. The van der Waals surface area contributed by atoms with Crippen LogP contribution < -0.4 is 10.6 Å². The van der Waals surface area contributed by atoms with Crippen LogP contribution in [0.2, 0.25) is 15.1 Å². The lowest BCUT2D eigenvalue weighted by Gasteiger charge is -2.18. The number of rotatable bonds is 8. The van der Waals surface area contributed by atoms with Crippen molar-refractivity contribution in [3.63, 3.8) is 0 Å². The lowest BCUT2D eigenvalue weighted by atomic mass is 10.1. The fourth-order valence-corrected chi connectivity index (χ4v) is 4.93. The molecule has 0 fully saturated rings. The number of hydrogen-bond donors (Lipinski definition) is 2. The smallest absolute Gasteiger partial charge is 0.242 e. The Hall–Kier alpha value is -2.96. The van der Waals surface area contributed by atoms with Crippen LogP contribution >= 0.6 is 46.6 Å². The van der Waals surface area contributed by atoms with Gasteiger partial charge in [0.1, 0.15) is 5.25 Å². The van der Waals surface area contributed by atoms with Crippen LogP contribution in [0.25, 0.3) is 0 Å². The van der Waals surface area contributed by atoms with Crippen molar-refractivity contribution in [1.29, 1.82) is 0 Å². The van der Waals surface area contributed by atoms with Gasteiger partial charge in [-0.2, -0.15) is 0 Å². The van der Waals surface area contributed by atoms with Gasteiger partial charge in [-0.15, -0.1) is 11.8 Å². The summed E-state index contributed by atoms with van der Waals surface area (Å²) in [7, 11) is 0. The molecule has 0 aliphatic rings. The molecule has 0 aromatic heterocycles. The highest BCUT2D eigenvalue weighted by Gasteiger charge is 2.23. The molecule has 0 aliphatic heterocycles. The van der Waals surface area contributed by atoms with Crippen molar-refractivity contribution >= 4 is 69.8 Å². The molecule has 0 radical (unpaired) electrons. The molecule has 0 saturated carbocycles. The van der Waals surface area contributed by atoms with Gasteiger partial charge in [-0.1, -0.05) is 77.3 Å². The third-order valence-corrected chi connectivity index (χ3v) is 7.28. The van der Waals surface area contributed by atoms with E-state index < -0.39 is 5.25 Å². The van der Waals surface area contributed by atoms with E-state index in [9.17, 15) is 9.59 Å². The largest absolute Gasteiger partial charge is 0.326 e. The van der Waals surface area contributed by atoms with Crippen molar-refractivity contribution in [2.24, 2.45) is 0 Å². The number of amides is 2. The predicted octanol–water partition coefficient (Wildman–Crippen LogP) is 8.30. The van der Waals surface area contributed by atoms with Crippen LogP contribution in [0.1, 0.15) is 16.4 Å². The molecule has 1 unspecified atom stereocenters. The van der Waals surface area contributed by atoms with Crippen molar-refractivity contribution in [2.75, 3.05) is 10.6 Å². The lowest BCUT2D eigenvalue weighted by Crippen LogP contribution is -2.19. The zero-order valence-corrected chi connectivity index (χ0v) is 22.0. The van der Waals surface area contributed by atoms with Gasteiger partial charge in [0.05, 0.1) is 17.1 Å². The fraction of sp³-hybridized carbons (Fsp3) is 0.0714. The highest BCUT2D eigenvalue weighted by atomic mass is 35.5. The molecule has 8 heteroatoms. The second-order valence-electron chi connectivity index (χ2n) is 7.90. The van der Waals surface area contributed by atoms with Crippen molar-refractivity contribution < 1.29 is 9.59 Å². The van der Waals surface area contributed by atoms with Crippen LogP contribution in [-0.4, -0.2) is 11.8 Å².